The minimum absolute atomic E-state index is 0.101. The number of carbonyl (C=O) groups excluding carboxylic acids is 1. The summed E-state index contributed by atoms with van der Waals surface area (Å²) in [5.74, 6) is -0.185. The summed E-state index contributed by atoms with van der Waals surface area (Å²) in [7, 11) is 1.66. The van der Waals surface area contributed by atoms with E-state index in [9.17, 15) is 4.79 Å². The maximum absolute atomic E-state index is 11.7. The summed E-state index contributed by atoms with van der Waals surface area (Å²) in [5.41, 5.74) is 0. The summed E-state index contributed by atoms with van der Waals surface area (Å²) in [6, 6.07) is -0.216. The molecular formula is C11H19NO4. The fourth-order valence-corrected chi connectivity index (χ4v) is 2.11. The molecule has 2 fully saturated rings. The van der Waals surface area contributed by atoms with Crippen molar-refractivity contribution < 1.29 is 19.0 Å². The number of esters is 1. The highest BCUT2D eigenvalue weighted by Crippen LogP contribution is 2.14. The summed E-state index contributed by atoms with van der Waals surface area (Å²) in [5, 5.41) is 3.09. The fourth-order valence-electron chi connectivity index (χ4n) is 2.11. The molecule has 2 rings (SSSR count). The van der Waals surface area contributed by atoms with Crippen LogP contribution >= 0.6 is 0 Å². The molecule has 0 radical (unpaired) electrons. The highest BCUT2D eigenvalue weighted by Gasteiger charge is 2.31. The Hall–Kier alpha value is -0.650. The SMILES string of the molecule is COC1CNC(C(=O)OCC2CCCO2)C1. The molecule has 0 aliphatic carbocycles. The third-order valence-corrected chi connectivity index (χ3v) is 3.14. The van der Waals surface area contributed by atoms with E-state index in [1.165, 1.54) is 0 Å². The molecule has 5 nitrogen and oxygen atoms in total. The van der Waals surface area contributed by atoms with Crippen molar-refractivity contribution in [2.24, 2.45) is 0 Å². The van der Waals surface area contributed by atoms with Crippen molar-refractivity contribution in [3.63, 3.8) is 0 Å². The zero-order chi connectivity index (χ0) is 11.4. The molecule has 92 valence electrons. The Labute approximate surface area is 95.4 Å². The Morgan fingerprint density at radius 3 is 3.06 bits per heavy atom. The van der Waals surface area contributed by atoms with E-state index < -0.39 is 0 Å². The molecule has 1 N–H and O–H groups in total. The molecule has 0 amide bonds. The van der Waals surface area contributed by atoms with Gasteiger partial charge in [0.1, 0.15) is 12.6 Å². The summed E-state index contributed by atoms with van der Waals surface area (Å²) in [6.07, 6.45) is 2.98. The van der Waals surface area contributed by atoms with Crippen molar-refractivity contribution in [2.75, 3.05) is 26.9 Å². The van der Waals surface area contributed by atoms with E-state index in [1.807, 2.05) is 0 Å². The number of carbonyl (C=O) groups is 1. The van der Waals surface area contributed by atoms with Crippen LogP contribution in [0.1, 0.15) is 19.3 Å². The third-order valence-electron chi connectivity index (χ3n) is 3.14. The van der Waals surface area contributed by atoms with Crippen LogP contribution in [0.15, 0.2) is 0 Å². The van der Waals surface area contributed by atoms with E-state index in [1.54, 1.807) is 7.11 Å². The molecule has 2 aliphatic heterocycles. The van der Waals surface area contributed by atoms with Gasteiger partial charge in [0.15, 0.2) is 0 Å². The first-order valence-corrected chi connectivity index (χ1v) is 5.84. The van der Waals surface area contributed by atoms with Gasteiger partial charge in [-0.15, -0.1) is 0 Å². The van der Waals surface area contributed by atoms with E-state index in [0.717, 1.165) is 26.0 Å². The van der Waals surface area contributed by atoms with Gasteiger partial charge in [0.2, 0.25) is 0 Å². The Morgan fingerprint density at radius 2 is 2.44 bits per heavy atom. The van der Waals surface area contributed by atoms with Gasteiger partial charge in [0, 0.05) is 26.7 Å². The topological polar surface area (TPSA) is 56.8 Å². The number of nitrogens with one attached hydrogen (secondary N) is 1. The maximum Gasteiger partial charge on any atom is 0.323 e. The normalized spacial score (nSPS) is 34.2. The van der Waals surface area contributed by atoms with Crippen LogP contribution in [0.2, 0.25) is 0 Å². The second kappa shape index (κ2) is 5.61. The molecule has 0 saturated carbocycles. The lowest BCUT2D eigenvalue weighted by molar-refractivity contribution is -0.149. The van der Waals surface area contributed by atoms with E-state index in [0.29, 0.717) is 13.0 Å². The van der Waals surface area contributed by atoms with Crippen molar-refractivity contribution in [1.82, 2.24) is 5.32 Å². The van der Waals surface area contributed by atoms with Gasteiger partial charge < -0.3 is 19.5 Å². The lowest BCUT2D eigenvalue weighted by atomic mass is 10.2. The van der Waals surface area contributed by atoms with Gasteiger partial charge in [-0.2, -0.15) is 0 Å². The van der Waals surface area contributed by atoms with Crippen molar-refractivity contribution in [3.8, 4) is 0 Å². The van der Waals surface area contributed by atoms with Crippen molar-refractivity contribution in [2.45, 2.75) is 37.5 Å². The fraction of sp³-hybridized carbons (Fsp3) is 0.909. The standard InChI is InChI=1S/C11H19NO4/c1-14-9-5-10(12-6-9)11(13)16-7-8-3-2-4-15-8/h8-10,12H,2-7H2,1H3. The second-order valence-corrected chi connectivity index (χ2v) is 4.32. The first-order valence-electron chi connectivity index (χ1n) is 5.84. The van der Waals surface area contributed by atoms with Gasteiger partial charge in [-0.25, -0.2) is 0 Å². The molecule has 2 heterocycles. The van der Waals surface area contributed by atoms with Crippen LogP contribution in [0, 0.1) is 0 Å². The molecule has 16 heavy (non-hydrogen) atoms. The average Bonchev–Trinajstić information content (AvgIpc) is 2.96. The van der Waals surface area contributed by atoms with Crippen LogP contribution in [-0.4, -0.2) is 51.1 Å². The van der Waals surface area contributed by atoms with Crippen molar-refractivity contribution >= 4 is 5.97 Å². The predicted molar refractivity (Wildman–Crippen MR) is 57.1 cm³/mol. The first-order chi connectivity index (χ1) is 7.79. The molecule has 0 bridgehead atoms. The van der Waals surface area contributed by atoms with Crippen LogP contribution in [0.5, 0.6) is 0 Å². The molecular weight excluding hydrogens is 210 g/mol. The Bertz CT molecular complexity index is 240. The number of rotatable bonds is 4. The van der Waals surface area contributed by atoms with E-state index in [4.69, 9.17) is 14.2 Å². The zero-order valence-electron chi connectivity index (χ0n) is 9.61. The molecule has 3 unspecified atom stereocenters. The van der Waals surface area contributed by atoms with Crippen molar-refractivity contribution in [3.05, 3.63) is 0 Å². The Balaban J connectivity index is 1.67. The van der Waals surface area contributed by atoms with Gasteiger partial charge in [-0.3, -0.25) is 4.79 Å². The first kappa shape index (κ1) is 11.8. The largest absolute Gasteiger partial charge is 0.462 e. The molecule has 3 atom stereocenters. The second-order valence-electron chi connectivity index (χ2n) is 4.32. The highest BCUT2D eigenvalue weighted by molar-refractivity contribution is 5.76. The van der Waals surface area contributed by atoms with Crippen molar-refractivity contribution in [1.29, 1.82) is 0 Å². The molecule has 0 aromatic rings. The number of methoxy groups -OCH3 is 1. The van der Waals surface area contributed by atoms with Gasteiger partial charge >= 0.3 is 5.97 Å². The summed E-state index contributed by atoms with van der Waals surface area (Å²) < 4.78 is 15.8. The quantitative estimate of drug-likeness (QED) is 0.692. The summed E-state index contributed by atoms with van der Waals surface area (Å²) in [6.45, 7) is 1.89. The van der Waals surface area contributed by atoms with Crippen LogP contribution in [0.25, 0.3) is 0 Å². The Kier molecular flexibility index (Phi) is 4.15. The average molecular weight is 229 g/mol. The predicted octanol–water partition coefficient (Wildman–Crippen LogP) is 0.0855. The number of hydrogen-bond acceptors (Lipinski definition) is 5. The van der Waals surface area contributed by atoms with Crippen LogP contribution in [-0.2, 0) is 19.0 Å². The molecule has 0 aromatic carbocycles. The zero-order valence-corrected chi connectivity index (χ0v) is 9.61. The molecule has 2 saturated heterocycles. The number of ether oxygens (including phenoxy) is 3. The molecule has 2 aliphatic rings. The van der Waals surface area contributed by atoms with Gasteiger partial charge in [-0.05, 0) is 12.8 Å². The minimum Gasteiger partial charge on any atom is -0.462 e. The monoisotopic (exact) mass is 229 g/mol. The highest BCUT2D eigenvalue weighted by atomic mass is 16.6. The van der Waals surface area contributed by atoms with E-state index in [-0.39, 0.29) is 24.2 Å². The van der Waals surface area contributed by atoms with Gasteiger partial charge in [-0.1, -0.05) is 0 Å². The molecule has 0 spiro atoms. The summed E-state index contributed by atoms with van der Waals surface area (Å²) >= 11 is 0. The van der Waals surface area contributed by atoms with Gasteiger partial charge in [0.05, 0.1) is 12.2 Å². The molecule has 5 heteroatoms. The Morgan fingerprint density at radius 1 is 1.56 bits per heavy atom. The van der Waals surface area contributed by atoms with Crippen LogP contribution in [0.3, 0.4) is 0 Å². The lowest BCUT2D eigenvalue weighted by Crippen LogP contribution is -2.34. The summed E-state index contributed by atoms with van der Waals surface area (Å²) in [4.78, 5) is 11.7. The smallest absolute Gasteiger partial charge is 0.323 e. The third kappa shape index (κ3) is 2.93. The lowest BCUT2D eigenvalue weighted by Gasteiger charge is -2.13. The maximum atomic E-state index is 11.7. The molecule has 0 aromatic heterocycles. The van der Waals surface area contributed by atoms with Crippen LogP contribution in [0.4, 0.5) is 0 Å². The number of hydrogen-bond donors (Lipinski definition) is 1. The van der Waals surface area contributed by atoms with E-state index in [2.05, 4.69) is 5.32 Å². The van der Waals surface area contributed by atoms with E-state index >= 15 is 0 Å². The minimum atomic E-state index is -0.216. The van der Waals surface area contributed by atoms with Gasteiger partial charge in [0.25, 0.3) is 0 Å². The van der Waals surface area contributed by atoms with Crippen LogP contribution < -0.4 is 5.32 Å².